The van der Waals surface area contributed by atoms with E-state index in [9.17, 15) is 9.59 Å². The number of nitrogens with zero attached hydrogens (tertiary/aromatic N) is 2. The summed E-state index contributed by atoms with van der Waals surface area (Å²) in [6, 6.07) is 12.2. The molecule has 2 aromatic rings. The van der Waals surface area contributed by atoms with Gasteiger partial charge in [-0.25, -0.2) is 0 Å². The van der Waals surface area contributed by atoms with Gasteiger partial charge >= 0.3 is 5.97 Å². The molecule has 2 aromatic carbocycles. The number of fused-ring (bicyclic) bond motifs is 3. The number of aliphatic carboxylic acids is 1. The number of allylic oxidation sites excluding steroid dienone is 4. The van der Waals surface area contributed by atoms with Crippen LogP contribution in [0, 0.1) is 0 Å². The molecule has 30 heavy (non-hydrogen) atoms. The molecular weight excluding hydrogens is 420 g/mol. The van der Waals surface area contributed by atoms with Crippen molar-refractivity contribution in [3.05, 3.63) is 71.0 Å². The SMILES string of the molecule is CC(=CC=C1Oc2c(ccc3ccccc23)N1C)C=C1SC(=S)N(CC(=O)O)C1=O. The van der Waals surface area contributed by atoms with E-state index in [2.05, 4.69) is 6.07 Å². The van der Waals surface area contributed by atoms with Crippen LogP contribution in [-0.2, 0) is 9.59 Å². The largest absolute Gasteiger partial charge is 0.480 e. The molecule has 2 aliphatic rings. The molecule has 0 spiro atoms. The van der Waals surface area contributed by atoms with Crippen LogP contribution < -0.4 is 9.64 Å². The monoisotopic (exact) mass is 438 g/mol. The third-order valence-corrected chi connectivity index (χ3v) is 6.15. The Morgan fingerprint density at radius 1 is 1.27 bits per heavy atom. The van der Waals surface area contributed by atoms with Crippen molar-refractivity contribution in [2.75, 3.05) is 18.5 Å². The van der Waals surface area contributed by atoms with Crippen LogP contribution in [-0.4, -0.2) is 39.8 Å². The highest BCUT2D eigenvalue weighted by Crippen LogP contribution is 2.43. The molecule has 1 fully saturated rings. The third kappa shape index (κ3) is 3.71. The minimum Gasteiger partial charge on any atom is -0.480 e. The van der Waals surface area contributed by atoms with Crippen LogP contribution in [0.4, 0.5) is 5.69 Å². The predicted octanol–water partition coefficient (Wildman–Crippen LogP) is 4.28. The Kier molecular flexibility index (Phi) is 5.36. The summed E-state index contributed by atoms with van der Waals surface area (Å²) >= 11 is 6.22. The molecule has 0 bridgehead atoms. The van der Waals surface area contributed by atoms with E-state index in [-0.39, 0.29) is 10.2 Å². The smallest absolute Gasteiger partial charge is 0.323 e. The maximum atomic E-state index is 12.4. The van der Waals surface area contributed by atoms with Crippen LogP contribution >= 0.6 is 24.0 Å². The van der Waals surface area contributed by atoms with Crippen molar-refractivity contribution in [2.45, 2.75) is 6.92 Å². The van der Waals surface area contributed by atoms with Gasteiger partial charge in [-0.3, -0.25) is 14.5 Å². The van der Waals surface area contributed by atoms with Gasteiger partial charge in [-0.05, 0) is 36.1 Å². The summed E-state index contributed by atoms with van der Waals surface area (Å²) in [5.74, 6) is 0.00828. The van der Waals surface area contributed by atoms with E-state index in [1.165, 1.54) is 0 Å². The normalized spacial score (nSPS) is 19.2. The quantitative estimate of drug-likeness (QED) is 0.564. The van der Waals surface area contributed by atoms with Crippen LogP contribution in [0.2, 0.25) is 0 Å². The first-order chi connectivity index (χ1) is 14.3. The number of thiocarbonyl (C=S) groups is 1. The number of carboxylic acid groups (broad SMARTS) is 1. The van der Waals surface area contributed by atoms with E-state index in [1.54, 1.807) is 6.08 Å². The summed E-state index contributed by atoms with van der Waals surface area (Å²) in [6.07, 6.45) is 5.40. The minimum absolute atomic E-state index is 0.251. The number of benzene rings is 2. The van der Waals surface area contributed by atoms with Gasteiger partial charge in [0.2, 0.25) is 0 Å². The Morgan fingerprint density at radius 2 is 2.03 bits per heavy atom. The minimum atomic E-state index is -1.10. The first-order valence-electron chi connectivity index (χ1n) is 9.14. The molecular formula is C22H18N2O4S2. The number of ether oxygens (including phenoxy) is 1. The summed E-state index contributed by atoms with van der Waals surface area (Å²) < 4.78 is 6.36. The maximum Gasteiger partial charge on any atom is 0.323 e. The molecule has 1 amide bonds. The van der Waals surface area contributed by atoms with Gasteiger partial charge in [0.05, 0.1) is 10.6 Å². The zero-order chi connectivity index (χ0) is 21.4. The standard InChI is InChI=1S/C22H18N2O4S2/c1-13(11-17-21(27)24(12-19(25)26)22(29)30-17)7-10-18-23(2)16-9-8-14-5-3-4-6-15(14)20(16)28-18/h3-11H,12H2,1-2H3,(H,25,26). The van der Waals surface area contributed by atoms with Gasteiger partial charge in [-0.15, -0.1) is 0 Å². The lowest BCUT2D eigenvalue weighted by Gasteiger charge is -2.10. The van der Waals surface area contributed by atoms with Crippen LogP contribution in [0.25, 0.3) is 10.8 Å². The molecule has 1 N–H and O–H groups in total. The summed E-state index contributed by atoms with van der Waals surface area (Å²) in [6.45, 7) is 1.43. The molecule has 1 saturated heterocycles. The van der Waals surface area contributed by atoms with Crippen LogP contribution in [0.15, 0.2) is 71.0 Å². The highest BCUT2D eigenvalue weighted by Gasteiger charge is 2.33. The maximum absolute atomic E-state index is 12.4. The van der Waals surface area contributed by atoms with Crippen LogP contribution in [0.3, 0.4) is 0 Å². The van der Waals surface area contributed by atoms with Crippen molar-refractivity contribution in [3.63, 3.8) is 0 Å². The van der Waals surface area contributed by atoms with Crippen molar-refractivity contribution < 1.29 is 19.4 Å². The molecule has 0 radical (unpaired) electrons. The fourth-order valence-electron chi connectivity index (χ4n) is 3.27. The number of carbonyl (C=O) groups is 2. The van der Waals surface area contributed by atoms with Crippen molar-refractivity contribution in [1.82, 2.24) is 4.90 Å². The Hall–Kier alpha value is -3.10. The second-order valence-corrected chi connectivity index (χ2v) is 8.55. The predicted molar refractivity (Wildman–Crippen MR) is 122 cm³/mol. The Balaban J connectivity index is 1.56. The Labute approximate surface area is 183 Å². The number of carbonyl (C=O) groups excluding carboxylic acids is 1. The van der Waals surface area contributed by atoms with Gasteiger partial charge in [0.15, 0.2) is 11.6 Å². The fraction of sp³-hybridized carbons (Fsp3) is 0.136. The molecule has 0 atom stereocenters. The highest BCUT2D eigenvalue weighted by atomic mass is 32.2. The van der Waals surface area contributed by atoms with E-state index in [1.807, 2.05) is 61.4 Å². The molecule has 0 aromatic heterocycles. The van der Waals surface area contributed by atoms with Gasteiger partial charge in [-0.1, -0.05) is 60.4 Å². The van der Waals surface area contributed by atoms with Gasteiger partial charge in [0.1, 0.15) is 10.9 Å². The average Bonchev–Trinajstić information content (AvgIpc) is 3.17. The van der Waals surface area contributed by atoms with E-state index in [4.69, 9.17) is 22.1 Å². The third-order valence-electron chi connectivity index (χ3n) is 4.77. The topological polar surface area (TPSA) is 70.1 Å². The number of hydrogen-bond acceptors (Lipinski definition) is 6. The Bertz CT molecular complexity index is 1180. The lowest BCUT2D eigenvalue weighted by atomic mass is 10.1. The van der Waals surface area contributed by atoms with Gasteiger partial charge in [0, 0.05) is 12.4 Å². The summed E-state index contributed by atoms with van der Waals surface area (Å²) in [7, 11) is 1.94. The van der Waals surface area contributed by atoms with Gasteiger partial charge < -0.3 is 14.7 Å². The first kappa shape index (κ1) is 20.2. The number of carboxylic acids is 1. The zero-order valence-electron chi connectivity index (χ0n) is 16.3. The fourth-order valence-corrected chi connectivity index (χ4v) is 4.57. The van der Waals surface area contributed by atoms with E-state index < -0.39 is 12.5 Å². The zero-order valence-corrected chi connectivity index (χ0v) is 17.9. The molecule has 4 rings (SSSR count). The highest BCUT2D eigenvalue weighted by molar-refractivity contribution is 8.26. The summed E-state index contributed by atoms with van der Waals surface area (Å²) in [5.41, 5.74) is 1.80. The van der Waals surface area contributed by atoms with Crippen molar-refractivity contribution in [3.8, 4) is 5.75 Å². The molecule has 0 saturated carbocycles. The molecule has 2 aliphatic heterocycles. The second kappa shape index (κ2) is 7.97. The van der Waals surface area contributed by atoms with E-state index in [0.717, 1.165) is 44.4 Å². The Morgan fingerprint density at radius 3 is 2.80 bits per heavy atom. The lowest BCUT2D eigenvalue weighted by molar-refractivity contribution is -0.140. The number of amides is 1. The molecule has 152 valence electrons. The number of hydrogen-bond donors (Lipinski definition) is 1. The molecule has 0 aliphatic carbocycles. The van der Waals surface area contributed by atoms with E-state index in [0.29, 0.717) is 10.8 Å². The van der Waals surface area contributed by atoms with E-state index >= 15 is 0 Å². The number of rotatable bonds is 4. The average molecular weight is 439 g/mol. The van der Waals surface area contributed by atoms with Crippen molar-refractivity contribution >= 4 is 56.6 Å². The lowest BCUT2D eigenvalue weighted by Crippen LogP contribution is -2.33. The first-order valence-corrected chi connectivity index (χ1v) is 10.4. The van der Waals surface area contributed by atoms with Gasteiger partial charge in [0.25, 0.3) is 5.91 Å². The van der Waals surface area contributed by atoms with Gasteiger partial charge in [-0.2, -0.15) is 0 Å². The van der Waals surface area contributed by atoms with Crippen molar-refractivity contribution in [1.29, 1.82) is 0 Å². The number of thioether (sulfide) groups is 1. The second-order valence-electron chi connectivity index (χ2n) is 6.87. The summed E-state index contributed by atoms with van der Waals surface area (Å²) in [4.78, 5) is 26.8. The van der Waals surface area contributed by atoms with Crippen molar-refractivity contribution in [2.24, 2.45) is 0 Å². The molecule has 0 unspecified atom stereocenters. The van der Waals surface area contributed by atoms with Crippen LogP contribution in [0.5, 0.6) is 5.75 Å². The van der Waals surface area contributed by atoms with Crippen LogP contribution in [0.1, 0.15) is 6.92 Å². The summed E-state index contributed by atoms with van der Waals surface area (Å²) in [5, 5.41) is 11.1. The molecule has 8 heteroatoms. The molecule has 2 heterocycles. The number of anilines is 1. The molecule has 6 nitrogen and oxygen atoms in total.